The fourth-order valence-corrected chi connectivity index (χ4v) is 1.92. The number of hydrogen-bond acceptors (Lipinski definition) is 3. The first-order chi connectivity index (χ1) is 6.95. The van der Waals surface area contributed by atoms with Gasteiger partial charge in [0.25, 0.3) is 0 Å². The van der Waals surface area contributed by atoms with Crippen LogP contribution in [0.25, 0.3) is 0 Å². The molecule has 0 bridgehead atoms. The van der Waals surface area contributed by atoms with Gasteiger partial charge in [0.2, 0.25) is 0 Å². The minimum atomic E-state index is 0.957. The maximum Gasteiger partial charge on any atom is 0.0946 e. The molecule has 74 valence electrons. The summed E-state index contributed by atoms with van der Waals surface area (Å²) in [7, 11) is 0. The van der Waals surface area contributed by atoms with Crippen LogP contribution in [0.3, 0.4) is 0 Å². The van der Waals surface area contributed by atoms with Gasteiger partial charge in [-0.15, -0.1) is 0 Å². The number of thiophene rings is 1. The van der Waals surface area contributed by atoms with Crippen molar-refractivity contribution in [3.8, 4) is 0 Å². The van der Waals surface area contributed by atoms with Crippen LogP contribution < -0.4 is 5.32 Å². The highest BCUT2D eigenvalue weighted by Crippen LogP contribution is 2.04. The van der Waals surface area contributed by atoms with Crippen molar-refractivity contribution < 1.29 is 0 Å². The third-order valence-electron chi connectivity index (χ3n) is 2.02. The molecule has 0 fully saturated rings. The van der Waals surface area contributed by atoms with E-state index in [1.807, 2.05) is 12.5 Å². The smallest absolute Gasteiger partial charge is 0.0946 e. The van der Waals surface area contributed by atoms with Crippen molar-refractivity contribution in [2.45, 2.75) is 13.1 Å². The molecule has 2 heterocycles. The predicted octanol–water partition coefficient (Wildman–Crippen LogP) is 1.73. The summed E-state index contributed by atoms with van der Waals surface area (Å²) in [5.41, 5.74) is 1.36. The molecule has 0 saturated carbocycles. The lowest BCUT2D eigenvalue weighted by Gasteiger charge is -2.03. The van der Waals surface area contributed by atoms with E-state index in [2.05, 4.69) is 31.7 Å². The number of nitrogens with one attached hydrogen (secondary N) is 1. The second-order valence-corrected chi connectivity index (χ2v) is 3.89. The zero-order valence-electron chi connectivity index (χ0n) is 7.89. The Morgan fingerprint density at radius 2 is 2.50 bits per heavy atom. The molecule has 0 aliphatic rings. The summed E-state index contributed by atoms with van der Waals surface area (Å²) in [6, 6.07) is 2.15. The SMILES string of the molecule is c1cn(CCNCc2ccsc2)cn1. The van der Waals surface area contributed by atoms with E-state index in [1.165, 1.54) is 5.56 Å². The highest BCUT2D eigenvalue weighted by Gasteiger charge is 1.92. The largest absolute Gasteiger partial charge is 0.336 e. The van der Waals surface area contributed by atoms with E-state index in [-0.39, 0.29) is 0 Å². The van der Waals surface area contributed by atoms with Gasteiger partial charge in [0.1, 0.15) is 0 Å². The van der Waals surface area contributed by atoms with Crippen LogP contribution in [-0.4, -0.2) is 16.1 Å². The predicted molar refractivity (Wildman–Crippen MR) is 58.3 cm³/mol. The summed E-state index contributed by atoms with van der Waals surface area (Å²) in [5.74, 6) is 0. The average molecular weight is 207 g/mol. The van der Waals surface area contributed by atoms with Gasteiger partial charge in [-0.25, -0.2) is 4.98 Å². The fraction of sp³-hybridized carbons (Fsp3) is 0.300. The van der Waals surface area contributed by atoms with Gasteiger partial charge in [-0.3, -0.25) is 0 Å². The Morgan fingerprint density at radius 1 is 1.50 bits per heavy atom. The lowest BCUT2D eigenvalue weighted by Crippen LogP contribution is -2.18. The van der Waals surface area contributed by atoms with Crippen molar-refractivity contribution in [3.05, 3.63) is 41.1 Å². The number of aromatic nitrogens is 2. The molecule has 2 aromatic rings. The van der Waals surface area contributed by atoms with Crippen LogP contribution in [0.2, 0.25) is 0 Å². The van der Waals surface area contributed by atoms with Gasteiger partial charge >= 0.3 is 0 Å². The molecule has 0 aliphatic carbocycles. The fourth-order valence-electron chi connectivity index (χ4n) is 1.25. The molecule has 2 aromatic heterocycles. The third-order valence-corrected chi connectivity index (χ3v) is 2.75. The van der Waals surface area contributed by atoms with Crippen molar-refractivity contribution in [1.29, 1.82) is 0 Å². The molecule has 3 nitrogen and oxygen atoms in total. The Morgan fingerprint density at radius 3 is 3.21 bits per heavy atom. The van der Waals surface area contributed by atoms with Gasteiger partial charge in [0.05, 0.1) is 6.33 Å². The molecule has 0 aromatic carbocycles. The van der Waals surface area contributed by atoms with Crippen LogP contribution in [0, 0.1) is 0 Å². The van der Waals surface area contributed by atoms with Crippen molar-refractivity contribution in [2.75, 3.05) is 6.54 Å². The van der Waals surface area contributed by atoms with E-state index in [9.17, 15) is 0 Å². The quantitative estimate of drug-likeness (QED) is 0.757. The summed E-state index contributed by atoms with van der Waals surface area (Å²) in [6.45, 7) is 2.91. The number of hydrogen-bond donors (Lipinski definition) is 1. The first-order valence-corrected chi connectivity index (χ1v) is 5.57. The Labute approximate surface area is 87.4 Å². The van der Waals surface area contributed by atoms with Gasteiger partial charge in [0, 0.05) is 32.0 Å². The van der Waals surface area contributed by atoms with E-state index < -0.39 is 0 Å². The standard InChI is InChI=1S/C10H13N3S/c1-6-14-8-10(1)7-11-2-4-13-5-3-12-9-13/h1,3,5-6,8-9,11H,2,4,7H2. The molecule has 1 N–H and O–H groups in total. The lowest BCUT2D eigenvalue weighted by molar-refractivity contribution is 0.598. The molecule has 0 spiro atoms. The van der Waals surface area contributed by atoms with Gasteiger partial charge < -0.3 is 9.88 Å². The summed E-state index contributed by atoms with van der Waals surface area (Å²) >= 11 is 1.74. The van der Waals surface area contributed by atoms with Crippen LogP contribution in [0.1, 0.15) is 5.56 Å². The van der Waals surface area contributed by atoms with Crippen molar-refractivity contribution in [2.24, 2.45) is 0 Å². The summed E-state index contributed by atoms with van der Waals surface area (Å²) in [4.78, 5) is 3.99. The maximum atomic E-state index is 3.99. The van der Waals surface area contributed by atoms with Crippen LogP contribution in [-0.2, 0) is 13.1 Å². The van der Waals surface area contributed by atoms with E-state index in [0.29, 0.717) is 0 Å². The molecular weight excluding hydrogens is 194 g/mol. The Kier molecular flexibility index (Phi) is 3.32. The number of imidazole rings is 1. The second kappa shape index (κ2) is 4.93. The highest BCUT2D eigenvalue weighted by molar-refractivity contribution is 7.07. The van der Waals surface area contributed by atoms with Gasteiger partial charge in [-0.2, -0.15) is 11.3 Å². The summed E-state index contributed by atoms with van der Waals surface area (Å²) < 4.78 is 2.07. The zero-order valence-corrected chi connectivity index (χ0v) is 8.70. The Balaban J connectivity index is 1.65. The number of rotatable bonds is 5. The van der Waals surface area contributed by atoms with E-state index in [0.717, 1.165) is 19.6 Å². The minimum absolute atomic E-state index is 0.957. The molecule has 0 atom stereocenters. The van der Waals surface area contributed by atoms with Crippen LogP contribution in [0.15, 0.2) is 35.5 Å². The molecule has 4 heteroatoms. The first kappa shape index (κ1) is 9.43. The monoisotopic (exact) mass is 207 g/mol. The van der Waals surface area contributed by atoms with E-state index in [4.69, 9.17) is 0 Å². The van der Waals surface area contributed by atoms with Crippen molar-refractivity contribution in [1.82, 2.24) is 14.9 Å². The molecular formula is C10H13N3S. The molecule has 0 aliphatic heterocycles. The van der Waals surface area contributed by atoms with Crippen LogP contribution in [0.4, 0.5) is 0 Å². The molecule has 0 radical (unpaired) electrons. The molecule has 0 unspecified atom stereocenters. The molecule has 0 amide bonds. The Bertz CT molecular complexity index is 303. The minimum Gasteiger partial charge on any atom is -0.336 e. The van der Waals surface area contributed by atoms with Gasteiger partial charge in [0.15, 0.2) is 0 Å². The normalized spacial score (nSPS) is 10.6. The third kappa shape index (κ3) is 2.68. The topological polar surface area (TPSA) is 29.9 Å². The van der Waals surface area contributed by atoms with E-state index in [1.54, 1.807) is 17.5 Å². The maximum absolute atomic E-state index is 3.99. The number of nitrogens with zero attached hydrogens (tertiary/aromatic N) is 2. The lowest BCUT2D eigenvalue weighted by atomic mass is 10.3. The van der Waals surface area contributed by atoms with E-state index >= 15 is 0 Å². The Hall–Kier alpha value is -1.13. The molecule has 2 rings (SSSR count). The average Bonchev–Trinajstić information content (AvgIpc) is 2.86. The van der Waals surface area contributed by atoms with Gasteiger partial charge in [-0.1, -0.05) is 0 Å². The highest BCUT2D eigenvalue weighted by atomic mass is 32.1. The van der Waals surface area contributed by atoms with Crippen molar-refractivity contribution >= 4 is 11.3 Å². The molecule has 14 heavy (non-hydrogen) atoms. The second-order valence-electron chi connectivity index (χ2n) is 3.11. The summed E-state index contributed by atoms with van der Waals surface area (Å²) in [5, 5.41) is 7.66. The van der Waals surface area contributed by atoms with Gasteiger partial charge in [-0.05, 0) is 22.4 Å². The van der Waals surface area contributed by atoms with Crippen LogP contribution in [0.5, 0.6) is 0 Å². The zero-order chi connectivity index (χ0) is 9.64. The van der Waals surface area contributed by atoms with Crippen molar-refractivity contribution in [3.63, 3.8) is 0 Å². The molecule has 0 saturated heterocycles. The first-order valence-electron chi connectivity index (χ1n) is 4.63. The van der Waals surface area contributed by atoms with Crippen LogP contribution >= 0.6 is 11.3 Å². The summed E-state index contributed by atoms with van der Waals surface area (Å²) in [6.07, 6.45) is 5.62.